The predicted molar refractivity (Wildman–Crippen MR) is 60.8 cm³/mol. The molecule has 0 bridgehead atoms. The van der Waals surface area contributed by atoms with E-state index in [0.29, 0.717) is 11.5 Å². The van der Waals surface area contributed by atoms with E-state index >= 15 is 0 Å². The standard InChI is InChI=1S/C10H11N5O3/c1-6(5-9(17)18)15-10(12-13-14-15)7-3-2-4-8(16)11-7/h2-4,6H,5H2,1H3,(H,11,16)(H,17,18). The predicted octanol–water partition coefficient (Wildman–Crippen LogP) is 0.0641. The number of aromatic nitrogens is 5. The number of nitrogens with zero attached hydrogens (tertiary/aromatic N) is 4. The van der Waals surface area contributed by atoms with Crippen LogP contribution >= 0.6 is 0 Å². The summed E-state index contributed by atoms with van der Waals surface area (Å²) >= 11 is 0. The van der Waals surface area contributed by atoms with Gasteiger partial charge in [-0.2, -0.15) is 0 Å². The molecule has 2 heterocycles. The number of aliphatic carboxylic acids is 1. The van der Waals surface area contributed by atoms with Gasteiger partial charge in [-0.25, -0.2) is 4.68 Å². The number of nitrogens with one attached hydrogen (secondary N) is 1. The van der Waals surface area contributed by atoms with E-state index in [0.717, 1.165) is 0 Å². The molecule has 18 heavy (non-hydrogen) atoms. The van der Waals surface area contributed by atoms with Crippen LogP contribution in [0.4, 0.5) is 0 Å². The minimum atomic E-state index is -0.939. The summed E-state index contributed by atoms with van der Waals surface area (Å²) in [5, 5.41) is 19.8. The van der Waals surface area contributed by atoms with Crippen molar-refractivity contribution in [2.45, 2.75) is 19.4 Å². The molecule has 0 aliphatic heterocycles. The summed E-state index contributed by atoms with van der Waals surface area (Å²) in [5.41, 5.74) is 0.178. The third-order valence-electron chi connectivity index (χ3n) is 2.39. The molecule has 8 heteroatoms. The summed E-state index contributed by atoms with van der Waals surface area (Å²) in [5.74, 6) is -0.605. The van der Waals surface area contributed by atoms with Gasteiger partial charge in [-0.1, -0.05) is 6.07 Å². The van der Waals surface area contributed by atoms with E-state index in [1.807, 2.05) is 0 Å². The van der Waals surface area contributed by atoms with Crippen molar-refractivity contribution in [3.63, 3.8) is 0 Å². The molecule has 0 aliphatic rings. The minimum absolute atomic E-state index is 0.102. The Bertz CT molecular complexity index is 618. The molecule has 0 aromatic carbocycles. The van der Waals surface area contributed by atoms with E-state index in [2.05, 4.69) is 20.5 Å². The molecule has 1 atom stereocenters. The van der Waals surface area contributed by atoms with Gasteiger partial charge >= 0.3 is 5.97 Å². The fourth-order valence-electron chi connectivity index (χ4n) is 1.59. The van der Waals surface area contributed by atoms with Crippen LogP contribution in [-0.4, -0.2) is 36.3 Å². The molecule has 0 spiro atoms. The molecule has 94 valence electrons. The molecule has 2 aromatic heterocycles. The van der Waals surface area contributed by atoms with Gasteiger partial charge in [-0.3, -0.25) is 9.59 Å². The first-order chi connectivity index (χ1) is 8.58. The minimum Gasteiger partial charge on any atom is -0.481 e. The molecular formula is C10H11N5O3. The first-order valence-electron chi connectivity index (χ1n) is 5.27. The second-order valence-corrected chi connectivity index (χ2v) is 3.82. The van der Waals surface area contributed by atoms with Gasteiger partial charge in [0, 0.05) is 6.07 Å². The first kappa shape index (κ1) is 12.0. The summed E-state index contributed by atoms with van der Waals surface area (Å²) in [4.78, 5) is 24.5. The number of H-pyrrole nitrogens is 1. The second-order valence-electron chi connectivity index (χ2n) is 3.82. The lowest BCUT2D eigenvalue weighted by Crippen LogP contribution is -2.14. The van der Waals surface area contributed by atoms with Crippen molar-refractivity contribution in [1.82, 2.24) is 25.2 Å². The van der Waals surface area contributed by atoms with Crippen molar-refractivity contribution in [2.75, 3.05) is 0 Å². The van der Waals surface area contributed by atoms with Crippen LogP contribution in [0.25, 0.3) is 11.5 Å². The topological polar surface area (TPSA) is 114 Å². The largest absolute Gasteiger partial charge is 0.481 e. The number of rotatable bonds is 4. The van der Waals surface area contributed by atoms with E-state index in [4.69, 9.17) is 5.11 Å². The van der Waals surface area contributed by atoms with Gasteiger partial charge in [0.25, 0.3) is 0 Å². The van der Waals surface area contributed by atoms with Crippen molar-refractivity contribution >= 4 is 5.97 Å². The van der Waals surface area contributed by atoms with Crippen LogP contribution in [0.2, 0.25) is 0 Å². The fraction of sp³-hybridized carbons (Fsp3) is 0.300. The average Bonchev–Trinajstić information content (AvgIpc) is 2.76. The number of pyridine rings is 1. The monoisotopic (exact) mass is 249 g/mol. The lowest BCUT2D eigenvalue weighted by Gasteiger charge is -2.10. The highest BCUT2D eigenvalue weighted by molar-refractivity contribution is 5.67. The van der Waals surface area contributed by atoms with Crippen molar-refractivity contribution in [1.29, 1.82) is 0 Å². The quantitative estimate of drug-likeness (QED) is 0.792. The van der Waals surface area contributed by atoms with Gasteiger partial charge in [0.05, 0.1) is 18.2 Å². The fourth-order valence-corrected chi connectivity index (χ4v) is 1.59. The van der Waals surface area contributed by atoms with Gasteiger partial charge in [0.1, 0.15) is 0 Å². The van der Waals surface area contributed by atoms with E-state index in [-0.39, 0.29) is 12.0 Å². The zero-order valence-corrected chi connectivity index (χ0v) is 9.57. The van der Waals surface area contributed by atoms with Gasteiger partial charge in [0.15, 0.2) is 5.82 Å². The highest BCUT2D eigenvalue weighted by Crippen LogP contribution is 2.17. The summed E-state index contributed by atoms with van der Waals surface area (Å²) in [6.07, 6.45) is -0.102. The van der Waals surface area contributed by atoms with Crippen molar-refractivity contribution in [2.24, 2.45) is 0 Å². The Morgan fingerprint density at radius 3 is 3.00 bits per heavy atom. The number of carboxylic acid groups (broad SMARTS) is 1. The van der Waals surface area contributed by atoms with Crippen LogP contribution in [0.1, 0.15) is 19.4 Å². The van der Waals surface area contributed by atoms with Gasteiger partial charge in [-0.15, -0.1) is 5.10 Å². The molecule has 1 unspecified atom stereocenters. The van der Waals surface area contributed by atoms with Crippen molar-refractivity contribution in [3.8, 4) is 11.5 Å². The zero-order chi connectivity index (χ0) is 13.1. The Labute approximate surface area is 101 Å². The molecular weight excluding hydrogens is 238 g/mol. The van der Waals surface area contributed by atoms with Crippen LogP contribution in [0.3, 0.4) is 0 Å². The Hall–Kier alpha value is -2.51. The number of hydrogen-bond acceptors (Lipinski definition) is 5. The smallest absolute Gasteiger partial charge is 0.305 e. The maximum Gasteiger partial charge on any atom is 0.305 e. The van der Waals surface area contributed by atoms with Crippen LogP contribution in [0.5, 0.6) is 0 Å². The molecule has 0 amide bonds. The molecule has 0 fully saturated rings. The van der Waals surface area contributed by atoms with Crippen molar-refractivity contribution < 1.29 is 9.90 Å². The molecule has 0 saturated heterocycles. The van der Waals surface area contributed by atoms with Gasteiger partial charge < -0.3 is 10.1 Å². The zero-order valence-electron chi connectivity index (χ0n) is 9.57. The Morgan fingerprint density at radius 2 is 2.33 bits per heavy atom. The third kappa shape index (κ3) is 2.42. The number of carbonyl (C=O) groups is 1. The SMILES string of the molecule is CC(CC(=O)O)n1nnnc1-c1cccc(=O)[nH]1. The van der Waals surface area contributed by atoms with Crippen LogP contribution in [0, 0.1) is 0 Å². The van der Waals surface area contributed by atoms with Crippen molar-refractivity contribution in [3.05, 3.63) is 28.6 Å². The molecule has 0 aliphatic carbocycles. The molecule has 2 aromatic rings. The number of carboxylic acids is 1. The number of hydrogen-bond donors (Lipinski definition) is 2. The maximum absolute atomic E-state index is 11.2. The highest BCUT2D eigenvalue weighted by atomic mass is 16.4. The highest BCUT2D eigenvalue weighted by Gasteiger charge is 2.17. The van der Waals surface area contributed by atoms with Crippen LogP contribution in [-0.2, 0) is 4.79 Å². The lowest BCUT2D eigenvalue weighted by atomic mass is 10.2. The maximum atomic E-state index is 11.2. The Kier molecular flexibility index (Phi) is 3.18. The van der Waals surface area contributed by atoms with Gasteiger partial charge in [0.2, 0.25) is 5.56 Å². The Balaban J connectivity index is 2.38. The average molecular weight is 249 g/mol. The van der Waals surface area contributed by atoms with E-state index in [1.165, 1.54) is 10.7 Å². The molecule has 2 rings (SSSR count). The molecule has 0 saturated carbocycles. The van der Waals surface area contributed by atoms with Gasteiger partial charge in [-0.05, 0) is 23.4 Å². The first-order valence-corrected chi connectivity index (χ1v) is 5.27. The molecule has 8 nitrogen and oxygen atoms in total. The lowest BCUT2D eigenvalue weighted by molar-refractivity contribution is -0.137. The normalized spacial score (nSPS) is 12.3. The molecule has 0 radical (unpaired) electrons. The summed E-state index contributed by atoms with van der Waals surface area (Å²) < 4.78 is 1.37. The summed E-state index contributed by atoms with van der Waals surface area (Å²) in [7, 11) is 0. The summed E-state index contributed by atoms with van der Waals surface area (Å²) in [6.45, 7) is 1.69. The van der Waals surface area contributed by atoms with Crippen LogP contribution < -0.4 is 5.56 Å². The summed E-state index contributed by atoms with van der Waals surface area (Å²) in [6, 6.07) is 4.20. The number of tetrazole rings is 1. The Morgan fingerprint density at radius 1 is 1.56 bits per heavy atom. The van der Waals surface area contributed by atoms with Crippen LogP contribution in [0.15, 0.2) is 23.0 Å². The van der Waals surface area contributed by atoms with E-state index < -0.39 is 12.0 Å². The van der Waals surface area contributed by atoms with E-state index in [1.54, 1.807) is 19.1 Å². The third-order valence-corrected chi connectivity index (χ3v) is 2.39. The molecule has 2 N–H and O–H groups in total. The number of aromatic amines is 1. The second kappa shape index (κ2) is 4.78. The van der Waals surface area contributed by atoms with E-state index in [9.17, 15) is 9.59 Å².